The molecule has 0 aliphatic heterocycles. The summed E-state index contributed by atoms with van der Waals surface area (Å²) in [7, 11) is 1.72. The molecule has 2 heteroatoms. The molecule has 0 unspecified atom stereocenters. The molecule has 0 saturated carbocycles. The van der Waals surface area contributed by atoms with Gasteiger partial charge in [0.15, 0.2) is 0 Å². The molecule has 0 bridgehead atoms. The predicted molar refractivity (Wildman–Crippen MR) is 79.3 cm³/mol. The van der Waals surface area contributed by atoms with Crippen LogP contribution in [0.1, 0.15) is 40.5 Å². The first kappa shape index (κ1) is 14.9. The summed E-state index contributed by atoms with van der Waals surface area (Å²) in [5, 5.41) is 3.64. The second-order valence-corrected chi connectivity index (χ2v) is 5.80. The van der Waals surface area contributed by atoms with Crippen molar-refractivity contribution >= 4 is 5.69 Å². The number of para-hydroxylation sites is 2. The zero-order valence-electron chi connectivity index (χ0n) is 12.4. The molecule has 0 amide bonds. The van der Waals surface area contributed by atoms with E-state index in [1.165, 1.54) is 12.8 Å². The van der Waals surface area contributed by atoms with Crippen molar-refractivity contribution in [1.82, 2.24) is 0 Å². The number of nitrogens with one attached hydrogen (secondary N) is 1. The van der Waals surface area contributed by atoms with E-state index in [1.807, 2.05) is 18.2 Å². The third kappa shape index (κ3) is 4.99. The van der Waals surface area contributed by atoms with E-state index in [0.717, 1.165) is 11.4 Å². The van der Waals surface area contributed by atoms with Crippen LogP contribution in [0.3, 0.4) is 0 Å². The normalized spacial score (nSPS) is 11.3. The largest absolute Gasteiger partial charge is 0.495 e. The second-order valence-electron chi connectivity index (χ2n) is 5.80. The van der Waals surface area contributed by atoms with Crippen LogP contribution in [0.5, 0.6) is 5.75 Å². The summed E-state index contributed by atoms with van der Waals surface area (Å²) in [6.45, 7) is 9.10. The fraction of sp³-hybridized carbons (Fsp3) is 0.625. The molecule has 0 spiro atoms. The van der Waals surface area contributed by atoms with Gasteiger partial charge in [0.25, 0.3) is 0 Å². The summed E-state index contributed by atoms with van der Waals surface area (Å²) in [5.41, 5.74) is 1.10. The lowest BCUT2D eigenvalue weighted by molar-refractivity contribution is 0.411. The molecule has 1 N–H and O–H groups in total. The molecule has 0 heterocycles. The van der Waals surface area contributed by atoms with Crippen LogP contribution >= 0.6 is 0 Å². The monoisotopic (exact) mass is 249 g/mol. The Labute approximate surface area is 112 Å². The van der Waals surface area contributed by atoms with Gasteiger partial charge in [0.2, 0.25) is 0 Å². The summed E-state index contributed by atoms with van der Waals surface area (Å²) >= 11 is 0. The van der Waals surface area contributed by atoms with Crippen molar-refractivity contribution in [1.29, 1.82) is 0 Å². The number of ether oxygens (including phenoxy) is 1. The van der Waals surface area contributed by atoms with E-state index >= 15 is 0 Å². The van der Waals surface area contributed by atoms with E-state index in [4.69, 9.17) is 4.74 Å². The molecule has 18 heavy (non-hydrogen) atoms. The van der Waals surface area contributed by atoms with Crippen molar-refractivity contribution in [3.8, 4) is 5.75 Å². The van der Waals surface area contributed by atoms with Gasteiger partial charge in [-0.05, 0) is 36.8 Å². The van der Waals surface area contributed by atoms with Gasteiger partial charge in [0, 0.05) is 6.04 Å². The average Bonchev–Trinajstić information content (AvgIpc) is 2.27. The molecule has 102 valence electrons. The first-order valence-electron chi connectivity index (χ1n) is 6.92. The zero-order chi connectivity index (χ0) is 13.5. The lowest BCUT2D eigenvalue weighted by atomic mass is 9.95. The number of rotatable bonds is 7. The number of hydrogen-bond donors (Lipinski definition) is 1. The smallest absolute Gasteiger partial charge is 0.141 e. The highest BCUT2D eigenvalue weighted by Crippen LogP contribution is 2.26. The van der Waals surface area contributed by atoms with Crippen molar-refractivity contribution in [2.45, 2.75) is 46.6 Å². The summed E-state index contributed by atoms with van der Waals surface area (Å²) in [5.74, 6) is 2.34. The van der Waals surface area contributed by atoms with Gasteiger partial charge in [0.1, 0.15) is 5.75 Å². The summed E-state index contributed by atoms with van der Waals surface area (Å²) in [4.78, 5) is 0. The van der Waals surface area contributed by atoms with Crippen LogP contribution in [-0.4, -0.2) is 13.2 Å². The highest BCUT2D eigenvalue weighted by molar-refractivity contribution is 5.56. The number of benzene rings is 1. The highest BCUT2D eigenvalue weighted by atomic mass is 16.5. The van der Waals surface area contributed by atoms with Crippen LogP contribution in [0, 0.1) is 11.8 Å². The fourth-order valence-corrected chi connectivity index (χ4v) is 2.34. The minimum Gasteiger partial charge on any atom is -0.495 e. The van der Waals surface area contributed by atoms with Gasteiger partial charge >= 0.3 is 0 Å². The lowest BCUT2D eigenvalue weighted by Gasteiger charge is -2.24. The Morgan fingerprint density at radius 3 is 2.06 bits per heavy atom. The summed E-state index contributed by atoms with van der Waals surface area (Å²) in [6.07, 6.45) is 2.38. The molecule has 2 nitrogen and oxygen atoms in total. The maximum absolute atomic E-state index is 5.39. The maximum atomic E-state index is 5.39. The van der Waals surface area contributed by atoms with Crippen LogP contribution in [0.2, 0.25) is 0 Å². The van der Waals surface area contributed by atoms with E-state index < -0.39 is 0 Å². The van der Waals surface area contributed by atoms with Crippen LogP contribution in [0.25, 0.3) is 0 Å². The van der Waals surface area contributed by atoms with E-state index in [0.29, 0.717) is 17.9 Å². The molecule has 1 rings (SSSR count). The number of methoxy groups -OCH3 is 1. The quantitative estimate of drug-likeness (QED) is 0.764. The van der Waals surface area contributed by atoms with Crippen LogP contribution in [0.4, 0.5) is 5.69 Å². The van der Waals surface area contributed by atoms with Crippen molar-refractivity contribution in [3.63, 3.8) is 0 Å². The minimum absolute atomic E-state index is 0.515. The molecule has 0 saturated heterocycles. The Bertz CT molecular complexity index is 337. The lowest BCUT2D eigenvalue weighted by Crippen LogP contribution is -2.23. The van der Waals surface area contributed by atoms with Crippen molar-refractivity contribution < 1.29 is 4.74 Å². The Morgan fingerprint density at radius 1 is 1.00 bits per heavy atom. The van der Waals surface area contributed by atoms with Gasteiger partial charge in [-0.25, -0.2) is 0 Å². The van der Waals surface area contributed by atoms with Crippen molar-refractivity contribution in [2.75, 3.05) is 12.4 Å². The molecule has 1 aromatic rings. The van der Waals surface area contributed by atoms with Gasteiger partial charge in [-0.2, -0.15) is 0 Å². The zero-order valence-corrected chi connectivity index (χ0v) is 12.4. The third-order valence-corrected chi connectivity index (χ3v) is 2.98. The number of hydrogen-bond acceptors (Lipinski definition) is 2. The van der Waals surface area contributed by atoms with E-state index in [-0.39, 0.29) is 0 Å². The van der Waals surface area contributed by atoms with Crippen LogP contribution in [0.15, 0.2) is 24.3 Å². The minimum atomic E-state index is 0.515. The van der Waals surface area contributed by atoms with Crippen molar-refractivity contribution in [3.05, 3.63) is 24.3 Å². The topological polar surface area (TPSA) is 21.3 Å². The highest BCUT2D eigenvalue weighted by Gasteiger charge is 2.14. The van der Waals surface area contributed by atoms with E-state index in [9.17, 15) is 0 Å². The number of anilines is 1. The molecule has 0 aliphatic rings. The Morgan fingerprint density at radius 2 is 1.56 bits per heavy atom. The van der Waals surface area contributed by atoms with Gasteiger partial charge in [-0.1, -0.05) is 39.8 Å². The standard InChI is InChI=1S/C16H27NO/c1-12(2)10-14(11-13(3)4)17-15-8-6-7-9-16(15)18-5/h6-9,12-14,17H,10-11H2,1-5H3. The van der Waals surface area contributed by atoms with Gasteiger partial charge in [-0.3, -0.25) is 0 Å². The molecule has 1 aromatic carbocycles. The summed E-state index contributed by atoms with van der Waals surface area (Å²) < 4.78 is 5.39. The van der Waals surface area contributed by atoms with E-state index in [1.54, 1.807) is 7.11 Å². The first-order chi connectivity index (χ1) is 8.52. The Balaban J connectivity index is 2.74. The predicted octanol–water partition coefficient (Wildman–Crippen LogP) is 4.57. The molecular formula is C16H27NO. The maximum Gasteiger partial charge on any atom is 0.141 e. The molecule has 0 radical (unpaired) electrons. The fourth-order valence-electron chi connectivity index (χ4n) is 2.34. The van der Waals surface area contributed by atoms with Gasteiger partial charge < -0.3 is 10.1 Å². The average molecular weight is 249 g/mol. The SMILES string of the molecule is COc1ccccc1NC(CC(C)C)CC(C)C. The summed E-state index contributed by atoms with van der Waals surface area (Å²) in [6, 6.07) is 8.66. The third-order valence-electron chi connectivity index (χ3n) is 2.98. The van der Waals surface area contributed by atoms with Gasteiger partial charge in [-0.15, -0.1) is 0 Å². The Hall–Kier alpha value is -1.18. The molecule has 0 fully saturated rings. The molecule has 0 atom stereocenters. The van der Waals surface area contributed by atoms with Crippen LogP contribution in [-0.2, 0) is 0 Å². The van der Waals surface area contributed by atoms with E-state index in [2.05, 4.69) is 39.1 Å². The molecule has 0 aromatic heterocycles. The van der Waals surface area contributed by atoms with Gasteiger partial charge in [0.05, 0.1) is 12.8 Å². The molecule has 0 aliphatic carbocycles. The second kappa shape index (κ2) is 7.30. The van der Waals surface area contributed by atoms with Crippen molar-refractivity contribution in [2.24, 2.45) is 11.8 Å². The molecular weight excluding hydrogens is 222 g/mol. The van der Waals surface area contributed by atoms with Crippen LogP contribution < -0.4 is 10.1 Å². The Kier molecular flexibility index (Phi) is 6.03. The first-order valence-corrected chi connectivity index (χ1v) is 6.92.